The molecule has 0 fully saturated rings. The van der Waals surface area contributed by atoms with Gasteiger partial charge in [-0.15, -0.1) is 5.10 Å². The fraction of sp³-hybridized carbons (Fsp3) is 0.167. The van der Waals surface area contributed by atoms with Crippen LogP contribution in [0.2, 0.25) is 0 Å². The Hall–Kier alpha value is -3.23. The van der Waals surface area contributed by atoms with Crippen LogP contribution in [0.5, 0.6) is 0 Å². The van der Waals surface area contributed by atoms with E-state index in [0.717, 1.165) is 12.1 Å². The SMILES string of the molecule is CCOC(=O)c1n[nH]nc1-c1ccc(-c2ccc(F)c(C(F)(F)F)c2)cc1. The van der Waals surface area contributed by atoms with Crippen LogP contribution in [0.3, 0.4) is 0 Å². The zero-order valence-electron chi connectivity index (χ0n) is 14.0. The standard InChI is InChI=1S/C18H13F4N3O2/c1-2-27-17(26)16-15(23-25-24-16)11-5-3-10(4-6-11)12-7-8-14(19)13(9-12)18(20,21)22/h3-9H,2H2,1H3,(H,23,24,25). The lowest BCUT2D eigenvalue weighted by atomic mass is 10.00. The van der Waals surface area contributed by atoms with Gasteiger partial charge in [0.15, 0.2) is 5.69 Å². The van der Waals surface area contributed by atoms with Crippen molar-refractivity contribution in [1.82, 2.24) is 15.4 Å². The Labute approximate surface area is 151 Å². The van der Waals surface area contributed by atoms with Gasteiger partial charge in [-0.25, -0.2) is 9.18 Å². The predicted molar refractivity (Wildman–Crippen MR) is 88.2 cm³/mol. The van der Waals surface area contributed by atoms with Crippen LogP contribution in [0.4, 0.5) is 17.6 Å². The summed E-state index contributed by atoms with van der Waals surface area (Å²) < 4.78 is 57.0. The molecule has 3 aromatic rings. The normalized spacial score (nSPS) is 11.4. The van der Waals surface area contributed by atoms with Crippen LogP contribution < -0.4 is 0 Å². The maximum atomic E-state index is 13.4. The number of halogens is 4. The van der Waals surface area contributed by atoms with Crippen LogP contribution in [0.15, 0.2) is 42.5 Å². The van der Waals surface area contributed by atoms with E-state index in [1.807, 2.05) is 0 Å². The molecular formula is C18H13F4N3O2. The Bertz CT molecular complexity index is 965. The molecule has 1 heterocycles. The van der Waals surface area contributed by atoms with Gasteiger partial charge >= 0.3 is 12.1 Å². The molecule has 9 heteroatoms. The van der Waals surface area contributed by atoms with E-state index in [1.165, 1.54) is 6.07 Å². The highest BCUT2D eigenvalue weighted by atomic mass is 19.4. The highest BCUT2D eigenvalue weighted by molar-refractivity contribution is 5.94. The summed E-state index contributed by atoms with van der Waals surface area (Å²) in [5.41, 5.74) is 0.117. The highest BCUT2D eigenvalue weighted by Crippen LogP contribution is 2.34. The number of hydrogen-bond donors (Lipinski definition) is 1. The number of aromatic nitrogens is 3. The van der Waals surface area contributed by atoms with Crippen molar-refractivity contribution in [2.75, 3.05) is 6.61 Å². The molecular weight excluding hydrogens is 366 g/mol. The monoisotopic (exact) mass is 379 g/mol. The van der Waals surface area contributed by atoms with Crippen LogP contribution in [-0.2, 0) is 10.9 Å². The fourth-order valence-electron chi connectivity index (χ4n) is 2.52. The summed E-state index contributed by atoms with van der Waals surface area (Å²) in [5, 5.41) is 10.0. The van der Waals surface area contributed by atoms with Crippen LogP contribution in [0.1, 0.15) is 23.0 Å². The third-order valence-electron chi connectivity index (χ3n) is 3.78. The molecule has 0 atom stereocenters. The molecule has 0 saturated heterocycles. The second-order valence-electron chi connectivity index (χ2n) is 5.51. The molecule has 0 spiro atoms. The number of rotatable bonds is 4. The smallest absolute Gasteiger partial charge is 0.419 e. The number of nitrogens with one attached hydrogen (secondary N) is 1. The third kappa shape index (κ3) is 3.81. The lowest BCUT2D eigenvalue weighted by Crippen LogP contribution is -2.08. The van der Waals surface area contributed by atoms with Crippen molar-refractivity contribution in [2.24, 2.45) is 0 Å². The summed E-state index contributed by atoms with van der Waals surface area (Å²) in [4.78, 5) is 11.9. The topological polar surface area (TPSA) is 67.9 Å². The van der Waals surface area contributed by atoms with E-state index in [9.17, 15) is 22.4 Å². The van der Waals surface area contributed by atoms with Crippen LogP contribution in [0.25, 0.3) is 22.4 Å². The van der Waals surface area contributed by atoms with E-state index in [4.69, 9.17) is 4.74 Å². The van der Waals surface area contributed by atoms with E-state index in [2.05, 4.69) is 15.4 Å². The first-order valence-electron chi connectivity index (χ1n) is 7.86. The number of esters is 1. The maximum Gasteiger partial charge on any atom is 0.419 e. The molecule has 5 nitrogen and oxygen atoms in total. The van der Waals surface area contributed by atoms with Crippen molar-refractivity contribution in [2.45, 2.75) is 13.1 Å². The molecule has 0 aliphatic heterocycles. The van der Waals surface area contributed by atoms with Gasteiger partial charge in [-0.05, 0) is 30.2 Å². The minimum atomic E-state index is -4.78. The quantitative estimate of drug-likeness (QED) is 0.536. The molecule has 0 bridgehead atoms. The molecule has 0 unspecified atom stereocenters. The molecule has 0 aliphatic rings. The number of carbonyl (C=O) groups excluding carboxylic acids is 1. The second-order valence-corrected chi connectivity index (χ2v) is 5.51. The first-order valence-corrected chi connectivity index (χ1v) is 7.86. The fourth-order valence-corrected chi connectivity index (χ4v) is 2.52. The number of ether oxygens (including phenoxy) is 1. The van der Waals surface area contributed by atoms with Gasteiger partial charge < -0.3 is 4.74 Å². The zero-order chi connectivity index (χ0) is 19.6. The number of alkyl halides is 3. The lowest BCUT2D eigenvalue weighted by molar-refractivity contribution is -0.139. The Balaban J connectivity index is 1.94. The van der Waals surface area contributed by atoms with Gasteiger partial charge in [-0.3, -0.25) is 0 Å². The van der Waals surface area contributed by atoms with Crippen molar-refractivity contribution >= 4 is 5.97 Å². The van der Waals surface area contributed by atoms with Gasteiger partial charge in [0.25, 0.3) is 0 Å². The molecule has 1 N–H and O–H groups in total. The van der Waals surface area contributed by atoms with E-state index >= 15 is 0 Å². The second kappa shape index (κ2) is 7.18. The van der Waals surface area contributed by atoms with Gasteiger partial charge in [0, 0.05) is 5.56 Å². The molecule has 0 amide bonds. The van der Waals surface area contributed by atoms with Crippen molar-refractivity contribution in [1.29, 1.82) is 0 Å². The van der Waals surface area contributed by atoms with Crippen molar-refractivity contribution in [3.05, 3.63) is 59.5 Å². The number of nitrogens with zero attached hydrogens (tertiary/aromatic N) is 2. The number of benzene rings is 2. The van der Waals surface area contributed by atoms with Crippen molar-refractivity contribution < 1.29 is 27.1 Å². The van der Waals surface area contributed by atoms with Gasteiger partial charge in [-0.1, -0.05) is 30.3 Å². The van der Waals surface area contributed by atoms with Crippen molar-refractivity contribution in [3.8, 4) is 22.4 Å². The first-order chi connectivity index (χ1) is 12.8. The predicted octanol–water partition coefficient (Wildman–Crippen LogP) is 4.47. The largest absolute Gasteiger partial charge is 0.461 e. The summed E-state index contributed by atoms with van der Waals surface area (Å²) in [6.45, 7) is 1.83. The third-order valence-corrected chi connectivity index (χ3v) is 3.78. The Morgan fingerprint density at radius 2 is 1.67 bits per heavy atom. The number of H-pyrrole nitrogens is 1. The summed E-state index contributed by atoms with van der Waals surface area (Å²) >= 11 is 0. The van der Waals surface area contributed by atoms with Crippen LogP contribution in [-0.4, -0.2) is 28.0 Å². The molecule has 140 valence electrons. The molecule has 3 rings (SSSR count). The molecule has 0 aliphatic carbocycles. The number of carbonyl (C=O) groups is 1. The van der Waals surface area contributed by atoms with E-state index < -0.39 is 23.5 Å². The molecule has 2 aromatic carbocycles. The zero-order valence-corrected chi connectivity index (χ0v) is 14.0. The summed E-state index contributed by atoms with van der Waals surface area (Å²) in [7, 11) is 0. The van der Waals surface area contributed by atoms with Crippen molar-refractivity contribution in [3.63, 3.8) is 0 Å². The average molecular weight is 379 g/mol. The Morgan fingerprint density at radius 3 is 2.30 bits per heavy atom. The minimum Gasteiger partial charge on any atom is -0.461 e. The van der Waals surface area contributed by atoms with E-state index in [-0.39, 0.29) is 23.6 Å². The van der Waals surface area contributed by atoms with Gasteiger partial charge in [0.2, 0.25) is 0 Å². The Kier molecular flexibility index (Phi) is 4.93. The van der Waals surface area contributed by atoms with Crippen LogP contribution in [0, 0.1) is 5.82 Å². The lowest BCUT2D eigenvalue weighted by Gasteiger charge is -2.10. The summed E-state index contributed by atoms with van der Waals surface area (Å²) in [5.74, 6) is -1.97. The van der Waals surface area contributed by atoms with E-state index in [1.54, 1.807) is 31.2 Å². The summed E-state index contributed by atoms with van der Waals surface area (Å²) in [6.07, 6.45) is -4.78. The van der Waals surface area contributed by atoms with Gasteiger partial charge in [-0.2, -0.15) is 23.5 Å². The van der Waals surface area contributed by atoms with Gasteiger partial charge in [0.05, 0.1) is 12.2 Å². The highest BCUT2D eigenvalue weighted by Gasteiger charge is 2.34. The molecule has 27 heavy (non-hydrogen) atoms. The van der Waals surface area contributed by atoms with E-state index in [0.29, 0.717) is 11.1 Å². The molecule has 1 aromatic heterocycles. The number of aromatic amines is 1. The first kappa shape index (κ1) is 18.6. The van der Waals surface area contributed by atoms with Crippen LogP contribution >= 0.6 is 0 Å². The minimum absolute atomic E-state index is 0.00531. The molecule has 0 radical (unpaired) electrons. The number of hydrogen-bond acceptors (Lipinski definition) is 4. The molecule has 0 saturated carbocycles. The summed E-state index contributed by atoms with van der Waals surface area (Å²) in [6, 6.07) is 9.05. The average Bonchev–Trinajstić information content (AvgIpc) is 3.11. The Morgan fingerprint density at radius 1 is 1.04 bits per heavy atom. The van der Waals surface area contributed by atoms with Gasteiger partial charge in [0.1, 0.15) is 11.5 Å². The maximum absolute atomic E-state index is 13.4.